The molecule has 2 aliphatic rings. The van der Waals surface area contributed by atoms with E-state index in [1.165, 1.54) is 17.4 Å². The minimum Gasteiger partial charge on any atom is -0.363 e. The Morgan fingerprint density at radius 3 is 2.96 bits per heavy atom. The molecule has 6 heteroatoms. The van der Waals surface area contributed by atoms with Gasteiger partial charge in [-0.05, 0) is 50.8 Å². The van der Waals surface area contributed by atoms with Gasteiger partial charge in [-0.25, -0.2) is 4.39 Å². The van der Waals surface area contributed by atoms with Crippen LogP contribution in [0.3, 0.4) is 0 Å². The molecule has 25 heavy (non-hydrogen) atoms. The number of anilines is 1. The molecular formula is C19H22FN3OS. The van der Waals surface area contributed by atoms with E-state index >= 15 is 0 Å². The summed E-state index contributed by atoms with van der Waals surface area (Å²) < 4.78 is 13.7. The number of nitrogens with zero attached hydrogens (tertiary/aromatic N) is 3. The van der Waals surface area contributed by atoms with E-state index in [0.29, 0.717) is 16.8 Å². The molecule has 4 nitrogen and oxygen atoms in total. The largest absolute Gasteiger partial charge is 0.363 e. The first-order chi connectivity index (χ1) is 12.0. The normalized spacial score (nSPS) is 25.1. The lowest BCUT2D eigenvalue weighted by molar-refractivity contribution is 0.0672. The van der Waals surface area contributed by atoms with Crippen molar-refractivity contribution in [3.63, 3.8) is 0 Å². The van der Waals surface area contributed by atoms with Crippen LogP contribution in [0.15, 0.2) is 36.0 Å². The highest BCUT2D eigenvalue weighted by Crippen LogP contribution is 2.44. The molecule has 132 valence electrons. The summed E-state index contributed by atoms with van der Waals surface area (Å²) >= 11 is 1.39. The Morgan fingerprint density at radius 2 is 2.24 bits per heavy atom. The number of hydrogen-bond acceptors (Lipinski definition) is 4. The van der Waals surface area contributed by atoms with Gasteiger partial charge in [0.15, 0.2) is 0 Å². The van der Waals surface area contributed by atoms with Gasteiger partial charge >= 0.3 is 0 Å². The fourth-order valence-corrected chi connectivity index (χ4v) is 5.16. The summed E-state index contributed by atoms with van der Waals surface area (Å²) in [4.78, 5) is 21.7. The highest BCUT2D eigenvalue weighted by Gasteiger charge is 2.48. The van der Waals surface area contributed by atoms with Crippen LogP contribution >= 0.6 is 11.3 Å². The number of aromatic nitrogens is 1. The fraction of sp³-hybridized carbons (Fsp3) is 0.474. The molecule has 0 spiro atoms. The number of piperidine rings is 1. The van der Waals surface area contributed by atoms with Crippen LogP contribution in [-0.4, -0.2) is 40.5 Å². The first-order valence-electron chi connectivity index (χ1n) is 8.68. The van der Waals surface area contributed by atoms with Crippen LogP contribution in [0.1, 0.15) is 36.4 Å². The third-order valence-electron chi connectivity index (χ3n) is 5.46. The van der Waals surface area contributed by atoms with Crippen LogP contribution in [-0.2, 0) is 0 Å². The highest BCUT2D eigenvalue weighted by molar-refractivity contribution is 7.11. The number of hydrogen-bond donors (Lipinski definition) is 0. The monoisotopic (exact) mass is 359 g/mol. The van der Waals surface area contributed by atoms with Crippen LogP contribution in [0.25, 0.3) is 0 Å². The third-order valence-corrected chi connectivity index (χ3v) is 6.22. The molecule has 0 unspecified atom stereocenters. The lowest BCUT2D eigenvalue weighted by atomic mass is 9.89. The summed E-state index contributed by atoms with van der Waals surface area (Å²) in [5, 5.41) is 0. The topological polar surface area (TPSA) is 36.4 Å². The van der Waals surface area contributed by atoms with Crippen LogP contribution in [0.4, 0.5) is 10.1 Å². The molecule has 1 aromatic carbocycles. The zero-order valence-corrected chi connectivity index (χ0v) is 15.3. The number of rotatable bonds is 2. The van der Waals surface area contributed by atoms with Crippen molar-refractivity contribution in [2.75, 3.05) is 18.0 Å². The van der Waals surface area contributed by atoms with Crippen molar-refractivity contribution in [2.45, 2.75) is 38.3 Å². The van der Waals surface area contributed by atoms with E-state index in [-0.39, 0.29) is 17.3 Å². The maximum absolute atomic E-state index is 13.7. The molecule has 2 saturated heterocycles. The van der Waals surface area contributed by atoms with Crippen LogP contribution in [0.2, 0.25) is 0 Å². The zero-order chi connectivity index (χ0) is 17.6. The number of carbonyl (C=O) groups is 1. The van der Waals surface area contributed by atoms with Crippen LogP contribution in [0, 0.1) is 11.7 Å². The van der Waals surface area contributed by atoms with Crippen molar-refractivity contribution in [3.8, 4) is 0 Å². The van der Waals surface area contributed by atoms with Gasteiger partial charge in [0.05, 0.1) is 11.7 Å². The highest BCUT2D eigenvalue weighted by atomic mass is 32.1. The van der Waals surface area contributed by atoms with Gasteiger partial charge in [0.25, 0.3) is 5.91 Å². The predicted octanol–water partition coefficient (Wildman–Crippen LogP) is 3.80. The van der Waals surface area contributed by atoms with Crippen molar-refractivity contribution in [3.05, 3.63) is 46.7 Å². The lowest BCUT2D eigenvalue weighted by Gasteiger charge is -2.41. The van der Waals surface area contributed by atoms with Gasteiger partial charge in [0, 0.05) is 30.4 Å². The summed E-state index contributed by atoms with van der Waals surface area (Å²) in [6, 6.07) is 7.22. The predicted molar refractivity (Wildman–Crippen MR) is 97.5 cm³/mol. The Bertz CT molecular complexity index is 777. The number of likely N-dealkylation sites (tertiary alicyclic amines) is 1. The van der Waals surface area contributed by atoms with E-state index < -0.39 is 0 Å². The number of carbonyl (C=O) groups excluding carboxylic acids is 1. The molecular weight excluding hydrogens is 337 g/mol. The molecule has 3 heterocycles. The summed E-state index contributed by atoms with van der Waals surface area (Å²) in [7, 11) is 0. The molecule has 2 fully saturated rings. The molecule has 2 aliphatic heterocycles. The quantitative estimate of drug-likeness (QED) is 0.818. The van der Waals surface area contributed by atoms with E-state index in [4.69, 9.17) is 0 Å². The van der Waals surface area contributed by atoms with Crippen LogP contribution < -0.4 is 4.90 Å². The van der Waals surface area contributed by atoms with Crippen molar-refractivity contribution < 1.29 is 9.18 Å². The lowest BCUT2D eigenvalue weighted by Crippen LogP contribution is -2.50. The van der Waals surface area contributed by atoms with Crippen molar-refractivity contribution in [2.24, 2.45) is 5.92 Å². The molecule has 0 N–H and O–H groups in total. The van der Waals surface area contributed by atoms with E-state index in [2.05, 4.69) is 23.7 Å². The van der Waals surface area contributed by atoms with Crippen LogP contribution in [0.5, 0.6) is 0 Å². The summed E-state index contributed by atoms with van der Waals surface area (Å²) in [5.41, 5.74) is 2.59. The van der Waals surface area contributed by atoms with Gasteiger partial charge < -0.3 is 9.80 Å². The summed E-state index contributed by atoms with van der Waals surface area (Å²) in [6.45, 7) is 5.92. The molecule has 0 radical (unpaired) electrons. The summed E-state index contributed by atoms with van der Waals surface area (Å²) in [5.74, 6) is 0.293. The molecule has 1 aromatic heterocycles. The number of benzene rings is 1. The Kier molecular flexibility index (Phi) is 4.02. The van der Waals surface area contributed by atoms with E-state index in [1.807, 2.05) is 11.0 Å². The third kappa shape index (κ3) is 2.92. The maximum Gasteiger partial charge on any atom is 0.265 e. The molecule has 2 atom stereocenters. The van der Waals surface area contributed by atoms with E-state index in [9.17, 15) is 9.18 Å². The molecule has 4 rings (SSSR count). The number of halogens is 1. The average molecular weight is 359 g/mol. The molecule has 0 aliphatic carbocycles. The molecule has 0 bridgehead atoms. The fourth-order valence-electron chi connectivity index (χ4n) is 4.58. The Balaban J connectivity index is 1.57. The van der Waals surface area contributed by atoms with Gasteiger partial charge in [0.2, 0.25) is 0 Å². The van der Waals surface area contributed by atoms with Gasteiger partial charge in [-0.15, -0.1) is 11.3 Å². The maximum atomic E-state index is 13.7. The number of amides is 1. The first kappa shape index (κ1) is 16.5. The second kappa shape index (κ2) is 6.09. The van der Waals surface area contributed by atoms with Crippen molar-refractivity contribution >= 4 is 22.9 Å². The Morgan fingerprint density at radius 1 is 1.40 bits per heavy atom. The first-order valence-corrected chi connectivity index (χ1v) is 9.56. The number of fused-ring (bicyclic) bond motifs is 1. The Hall–Kier alpha value is -1.95. The Labute approximate surface area is 151 Å². The second-order valence-corrected chi connectivity index (χ2v) is 8.49. The van der Waals surface area contributed by atoms with E-state index in [0.717, 1.165) is 31.6 Å². The molecule has 1 amide bonds. The minimum absolute atomic E-state index is 0.0489. The summed E-state index contributed by atoms with van der Waals surface area (Å²) in [6.07, 6.45) is 3.56. The van der Waals surface area contributed by atoms with Gasteiger partial charge in [-0.1, -0.05) is 6.07 Å². The van der Waals surface area contributed by atoms with Gasteiger partial charge in [-0.3, -0.25) is 9.78 Å². The van der Waals surface area contributed by atoms with Crippen molar-refractivity contribution in [1.29, 1.82) is 0 Å². The minimum atomic E-state index is -0.199. The molecule has 2 aromatic rings. The SMILES string of the molecule is CC1(C)C[C@@H]2CN(C(=O)c3cncs3)CC[C@@H]2N1c1cccc(F)c1. The zero-order valence-electron chi connectivity index (χ0n) is 14.5. The second-order valence-electron chi connectivity index (χ2n) is 7.60. The number of thiazole rings is 1. The van der Waals surface area contributed by atoms with Gasteiger partial charge in [-0.2, -0.15) is 0 Å². The van der Waals surface area contributed by atoms with Gasteiger partial charge in [0.1, 0.15) is 10.7 Å². The van der Waals surface area contributed by atoms with Crippen molar-refractivity contribution in [1.82, 2.24) is 9.88 Å². The average Bonchev–Trinajstić information content (AvgIpc) is 3.17. The standard InChI is InChI=1S/C19H22FN3OS/c1-19(2)9-13-11-22(18(24)17-10-21-12-25-17)7-6-16(13)23(19)15-5-3-4-14(20)8-15/h3-5,8,10,12-13,16H,6-7,9,11H2,1-2H3/t13-,16+/m1/s1. The van der Waals surface area contributed by atoms with E-state index in [1.54, 1.807) is 23.8 Å². The smallest absolute Gasteiger partial charge is 0.265 e. The molecule has 0 saturated carbocycles.